The lowest BCUT2D eigenvalue weighted by Gasteiger charge is -2.05. The van der Waals surface area contributed by atoms with E-state index >= 15 is 0 Å². The molecule has 3 rings (SSSR count). The first-order valence-electron chi connectivity index (χ1n) is 4.96. The van der Waals surface area contributed by atoms with E-state index in [-0.39, 0.29) is 18.2 Å². The third-order valence-corrected chi connectivity index (χ3v) is 3.01. The van der Waals surface area contributed by atoms with Crippen LogP contribution in [0.15, 0.2) is 36.4 Å². The number of anilines is 1. The second-order valence-electron chi connectivity index (χ2n) is 3.86. The Labute approximate surface area is 100 Å². The molecule has 2 nitrogen and oxygen atoms in total. The maximum Gasteiger partial charge on any atom is 0.138 e. The van der Waals surface area contributed by atoms with Crippen molar-refractivity contribution in [1.82, 2.24) is 0 Å². The van der Waals surface area contributed by atoms with Crippen LogP contribution in [0.2, 0.25) is 0 Å². The lowest BCUT2D eigenvalue weighted by atomic mass is 10.0. The molecule has 1 aliphatic carbocycles. The second-order valence-corrected chi connectivity index (χ2v) is 3.86. The molecule has 3 heteroatoms. The fourth-order valence-electron chi connectivity index (χ4n) is 2.22. The number of halogens is 1. The van der Waals surface area contributed by atoms with Gasteiger partial charge in [0.05, 0.1) is 5.69 Å². The van der Waals surface area contributed by atoms with Crippen molar-refractivity contribution in [2.75, 3.05) is 5.73 Å². The summed E-state index contributed by atoms with van der Waals surface area (Å²) in [4.78, 5) is 0. The molecule has 3 N–H and O–H groups in total. The molecule has 0 saturated heterocycles. The first-order valence-corrected chi connectivity index (χ1v) is 4.96. The van der Waals surface area contributed by atoms with E-state index in [1.807, 2.05) is 18.2 Å². The SMILES string of the molecule is Cl.Nc1c(O)ccc2c1Cc1ccccc1-2. The highest BCUT2D eigenvalue weighted by Crippen LogP contribution is 2.42. The van der Waals surface area contributed by atoms with Crippen LogP contribution in [0.3, 0.4) is 0 Å². The third kappa shape index (κ3) is 1.34. The molecule has 1 aliphatic rings. The van der Waals surface area contributed by atoms with Crippen molar-refractivity contribution in [3.63, 3.8) is 0 Å². The Balaban J connectivity index is 0.000000963. The molecule has 0 heterocycles. The van der Waals surface area contributed by atoms with Crippen LogP contribution in [0.25, 0.3) is 11.1 Å². The molecule has 0 radical (unpaired) electrons. The van der Waals surface area contributed by atoms with Gasteiger partial charge in [0.2, 0.25) is 0 Å². The molecule has 0 spiro atoms. The summed E-state index contributed by atoms with van der Waals surface area (Å²) < 4.78 is 0. The predicted octanol–water partition coefficient (Wildman–Crippen LogP) is 2.97. The highest BCUT2D eigenvalue weighted by Gasteiger charge is 2.20. The van der Waals surface area contributed by atoms with E-state index in [2.05, 4.69) is 12.1 Å². The molecule has 0 bridgehead atoms. The van der Waals surface area contributed by atoms with E-state index in [1.54, 1.807) is 6.07 Å². The number of hydrogen-bond acceptors (Lipinski definition) is 2. The van der Waals surface area contributed by atoms with Crippen LogP contribution < -0.4 is 5.73 Å². The quantitative estimate of drug-likeness (QED) is 0.463. The average Bonchev–Trinajstić information content (AvgIpc) is 2.63. The standard InChI is InChI=1S/C13H11NO.ClH/c14-13-11-7-8-3-1-2-4-9(8)10(11)5-6-12(13)15;/h1-6,15H,7,14H2;1H. The smallest absolute Gasteiger partial charge is 0.138 e. The monoisotopic (exact) mass is 233 g/mol. The van der Waals surface area contributed by atoms with Crippen LogP contribution in [0.1, 0.15) is 11.1 Å². The van der Waals surface area contributed by atoms with E-state index < -0.39 is 0 Å². The summed E-state index contributed by atoms with van der Waals surface area (Å²) in [6.45, 7) is 0. The van der Waals surface area contributed by atoms with Crippen molar-refractivity contribution < 1.29 is 5.11 Å². The number of aromatic hydroxyl groups is 1. The summed E-state index contributed by atoms with van der Waals surface area (Å²) in [6, 6.07) is 11.9. The van der Waals surface area contributed by atoms with E-state index in [0.29, 0.717) is 5.69 Å². The van der Waals surface area contributed by atoms with Gasteiger partial charge in [-0.3, -0.25) is 0 Å². The van der Waals surface area contributed by atoms with Crippen LogP contribution in [0, 0.1) is 0 Å². The molecule has 0 aromatic heterocycles. The first kappa shape index (κ1) is 10.8. The third-order valence-electron chi connectivity index (χ3n) is 3.01. The maximum absolute atomic E-state index is 9.54. The van der Waals surface area contributed by atoms with Gasteiger partial charge in [0.1, 0.15) is 5.75 Å². The average molecular weight is 234 g/mol. The molecule has 0 aliphatic heterocycles. The summed E-state index contributed by atoms with van der Waals surface area (Å²) in [5.74, 6) is 0.182. The zero-order valence-corrected chi connectivity index (χ0v) is 9.42. The number of rotatable bonds is 0. The van der Waals surface area contributed by atoms with Crippen LogP contribution in [-0.2, 0) is 6.42 Å². The molecule has 0 atom stereocenters. The predicted molar refractivity (Wildman–Crippen MR) is 68.0 cm³/mol. The van der Waals surface area contributed by atoms with Gasteiger partial charge in [-0.2, -0.15) is 0 Å². The lowest BCUT2D eigenvalue weighted by Crippen LogP contribution is -1.92. The van der Waals surface area contributed by atoms with Crippen molar-refractivity contribution in [2.45, 2.75) is 6.42 Å². The zero-order chi connectivity index (χ0) is 10.4. The number of hydrogen-bond donors (Lipinski definition) is 2. The van der Waals surface area contributed by atoms with Crippen molar-refractivity contribution in [2.24, 2.45) is 0 Å². The van der Waals surface area contributed by atoms with E-state index in [4.69, 9.17) is 5.73 Å². The van der Waals surface area contributed by atoms with Crippen LogP contribution in [0.5, 0.6) is 5.75 Å². The van der Waals surface area contributed by atoms with Gasteiger partial charge in [0.25, 0.3) is 0 Å². The van der Waals surface area contributed by atoms with Crippen molar-refractivity contribution in [1.29, 1.82) is 0 Å². The van der Waals surface area contributed by atoms with E-state index in [1.165, 1.54) is 11.1 Å². The molecule has 2 aromatic carbocycles. The van der Waals surface area contributed by atoms with Gasteiger partial charge >= 0.3 is 0 Å². The fraction of sp³-hybridized carbons (Fsp3) is 0.0769. The number of fused-ring (bicyclic) bond motifs is 3. The topological polar surface area (TPSA) is 46.2 Å². The molecular formula is C13H12ClNO. The van der Waals surface area contributed by atoms with Gasteiger partial charge in [0, 0.05) is 6.42 Å². The molecule has 0 saturated carbocycles. The van der Waals surface area contributed by atoms with Gasteiger partial charge in [-0.25, -0.2) is 0 Å². The van der Waals surface area contributed by atoms with Crippen molar-refractivity contribution >= 4 is 18.1 Å². The van der Waals surface area contributed by atoms with Crippen LogP contribution in [0.4, 0.5) is 5.69 Å². The summed E-state index contributed by atoms with van der Waals surface area (Å²) in [5, 5.41) is 9.54. The molecule has 82 valence electrons. The largest absolute Gasteiger partial charge is 0.506 e. The van der Waals surface area contributed by atoms with E-state index in [9.17, 15) is 5.11 Å². The number of phenolic OH excluding ortho intramolecular Hbond substituents is 1. The molecule has 0 fully saturated rings. The summed E-state index contributed by atoms with van der Waals surface area (Å²) >= 11 is 0. The molecule has 0 unspecified atom stereocenters. The maximum atomic E-state index is 9.54. The summed E-state index contributed by atoms with van der Waals surface area (Å²) in [5.41, 5.74) is 11.1. The molecule has 0 amide bonds. The number of phenols is 1. The van der Waals surface area contributed by atoms with E-state index in [0.717, 1.165) is 17.5 Å². The van der Waals surface area contributed by atoms with Gasteiger partial charge in [-0.05, 0) is 28.3 Å². The highest BCUT2D eigenvalue weighted by molar-refractivity contribution is 5.85. The Hall–Kier alpha value is -1.67. The lowest BCUT2D eigenvalue weighted by molar-refractivity contribution is 0.477. The number of nitrogen functional groups attached to an aromatic ring is 1. The number of nitrogens with two attached hydrogens (primary N) is 1. The van der Waals surface area contributed by atoms with Crippen LogP contribution in [-0.4, -0.2) is 5.11 Å². The summed E-state index contributed by atoms with van der Waals surface area (Å²) in [7, 11) is 0. The van der Waals surface area contributed by atoms with Gasteiger partial charge in [0.15, 0.2) is 0 Å². The number of benzene rings is 2. The highest BCUT2D eigenvalue weighted by atomic mass is 35.5. The zero-order valence-electron chi connectivity index (χ0n) is 8.60. The Bertz CT molecular complexity index is 552. The minimum absolute atomic E-state index is 0. The second kappa shape index (κ2) is 3.72. The first-order chi connectivity index (χ1) is 7.27. The van der Waals surface area contributed by atoms with Gasteiger partial charge in [-0.15, -0.1) is 12.4 Å². The van der Waals surface area contributed by atoms with Crippen molar-refractivity contribution in [3.8, 4) is 16.9 Å². The Morgan fingerprint density at radius 3 is 2.56 bits per heavy atom. The molecule has 2 aromatic rings. The molecule has 16 heavy (non-hydrogen) atoms. The van der Waals surface area contributed by atoms with Gasteiger partial charge in [-0.1, -0.05) is 30.3 Å². The Morgan fingerprint density at radius 2 is 1.75 bits per heavy atom. The fourth-order valence-corrected chi connectivity index (χ4v) is 2.22. The minimum Gasteiger partial charge on any atom is -0.506 e. The minimum atomic E-state index is 0. The summed E-state index contributed by atoms with van der Waals surface area (Å²) in [6.07, 6.45) is 0.825. The Kier molecular flexibility index (Phi) is 2.52. The normalized spacial score (nSPS) is 11.5. The van der Waals surface area contributed by atoms with Crippen LogP contribution >= 0.6 is 12.4 Å². The van der Waals surface area contributed by atoms with Gasteiger partial charge < -0.3 is 10.8 Å². The Morgan fingerprint density at radius 1 is 1.00 bits per heavy atom. The molecular weight excluding hydrogens is 222 g/mol. The van der Waals surface area contributed by atoms with Crippen molar-refractivity contribution in [3.05, 3.63) is 47.5 Å².